The fourth-order valence-corrected chi connectivity index (χ4v) is 4.04. The molecule has 0 bridgehead atoms. The topological polar surface area (TPSA) is 90.6 Å². The molecule has 0 saturated heterocycles. The summed E-state index contributed by atoms with van der Waals surface area (Å²) >= 11 is 0. The number of fused-ring (bicyclic) bond motifs is 1. The first-order valence-corrected chi connectivity index (χ1v) is 11.1. The van der Waals surface area contributed by atoms with E-state index in [2.05, 4.69) is 31.8 Å². The van der Waals surface area contributed by atoms with Gasteiger partial charge in [0, 0.05) is 37.1 Å². The molecule has 1 N–H and O–H groups in total. The maximum atomic E-state index is 13.6. The van der Waals surface area contributed by atoms with E-state index in [0.717, 1.165) is 54.3 Å². The predicted molar refractivity (Wildman–Crippen MR) is 122 cm³/mol. The van der Waals surface area contributed by atoms with E-state index in [1.54, 1.807) is 36.9 Å². The number of nitrogens with one attached hydrogen (secondary N) is 1. The largest absolute Gasteiger partial charge is 0.474 e. The molecule has 1 atom stereocenters. The molecule has 0 spiro atoms. The Kier molecular flexibility index (Phi) is 5.93. The van der Waals surface area contributed by atoms with Crippen molar-refractivity contribution < 1.29 is 9.13 Å². The number of aryl methyl sites for hydroxylation is 1. The van der Waals surface area contributed by atoms with Crippen molar-refractivity contribution in [2.75, 3.05) is 18.5 Å². The van der Waals surface area contributed by atoms with Crippen LogP contribution in [0.1, 0.15) is 31.6 Å². The van der Waals surface area contributed by atoms with Gasteiger partial charge in [0.05, 0.1) is 29.3 Å². The molecule has 1 aromatic carbocycles. The van der Waals surface area contributed by atoms with Crippen molar-refractivity contribution in [3.8, 4) is 28.5 Å². The highest BCUT2D eigenvalue weighted by Gasteiger charge is 2.31. The highest BCUT2D eigenvalue weighted by Crippen LogP contribution is 2.39. The molecule has 8 nitrogen and oxygen atoms in total. The monoisotopic (exact) mass is 445 g/mol. The molecule has 33 heavy (non-hydrogen) atoms. The fourth-order valence-electron chi connectivity index (χ4n) is 4.04. The first-order chi connectivity index (χ1) is 16.2. The van der Waals surface area contributed by atoms with E-state index in [1.807, 2.05) is 6.07 Å². The molecule has 0 fully saturated rings. The number of rotatable bonds is 8. The summed E-state index contributed by atoms with van der Waals surface area (Å²) in [6.07, 6.45) is 9.25. The second-order valence-corrected chi connectivity index (χ2v) is 7.84. The van der Waals surface area contributed by atoms with Gasteiger partial charge in [0.25, 0.3) is 0 Å². The molecule has 0 saturated carbocycles. The number of ether oxygens (including phenoxy) is 1. The van der Waals surface area contributed by atoms with Crippen LogP contribution in [0.4, 0.5) is 10.3 Å². The van der Waals surface area contributed by atoms with Crippen LogP contribution in [0, 0.1) is 5.82 Å². The fraction of sp³-hybridized carbons (Fsp3) is 0.292. The van der Waals surface area contributed by atoms with Crippen molar-refractivity contribution in [1.29, 1.82) is 0 Å². The predicted octanol–water partition coefficient (Wildman–Crippen LogP) is 4.32. The summed E-state index contributed by atoms with van der Waals surface area (Å²) in [6, 6.07) is 8.34. The standard InChI is InChI=1S/C24H24FN7O/c1-2-10-28-24-29-11-9-19(30-24)23-22(16-3-5-17(25)6-4-16)31-20-8-7-18(32(20)23)15-33-21-14-26-12-13-27-21/h3-6,9,11-14,18H,2,7-8,10,15H2,1H3,(H,28,29,30)/t18-/m0/s1. The first-order valence-electron chi connectivity index (χ1n) is 11.1. The lowest BCUT2D eigenvalue weighted by atomic mass is 10.1. The van der Waals surface area contributed by atoms with Crippen molar-refractivity contribution in [1.82, 2.24) is 29.5 Å². The molecule has 168 valence electrons. The van der Waals surface area contributed by atoms with E-state index >= 15 is 0 Å². The average Bonchev–Trinajstić information content (AvgIpc) is 3.42. The minimum Gasteiger partial charge on any atom is -0.474 e. The van der Waals surface area contributed by atoms with Crippen LogP contribution >= 0.6 is 0 Å². The summed E-state index contributed by atoms with van der Waals surface area (Å²) in [4.78, 5) is 22.3. The van der Waals surface area contributed by atoms with Gasteiger partial charge in [-0.3, -0.25) is 4.98 Å². The van der Waals surface area contributed by atoms with Crippen LogP contribution in [0.5, 0.6) is 5.88 Å². The Morgan fingerprint density at radius 1 is 1.09 bits per heavy atom. The summed E-state index contributed by atoms with van der Waals surface area (Å²) < 4.78 is 21.7. The van der Waals surface area contributed by atoms with Crippen LogP contribution in [0.15, 0.2) is 55.1 Å². The van der Waals surface area contributed by atoms with Gasteiger partial charge in [-0.15, -0.1) is 0 Å². The zero-order valence-electron chi connectivity index (χ0n) is 18.3. The minimum atomic E-state index is -0.282. The summed E-state index contributed by atoms with van der Waals surface area (Å²) in [5, 5.41) is 3.25. The molecule has 5 rings (SSSR count). The van der Waals surface area contributed by atoms with E-state index < -0.39 is 0 Å². The van der Waals surface area contributed by atoms with Gasteiger partial charge in [-0.2, -0.15) is 0 Å². The minimum absolute atomic E-state index is 0.0562. The molecule has 0 amide bonds. The van der Waals surface area contributed by atoms with Gasteiger partial charge < -0.3 is 14.6 Å². The van der Waals surface area contributed by atoms with Crippen molar-refractivity contribution in [3.63, 3.8) is 0 Å². The third kappa shape index (κ3) is 4.39. The lowest BCUT2D eigenvalue weighted by Gasteiger charge is -2.18. The summed E-state index contributed by atoms with van der Waals surface area (Å²) in [6.45, 7) is 3.31. The van der Waals surface area contributed by atoms with Crippen LogP contribution in [0.3, 0.4) is 0 Å². The third-order valence-corrected chi connectivity index (χ3v) is 5.56. The molecule has 1 aliphatic heterocycles. The Morgan fingerprint density at radius 2 is 1.97 bits per heavy atom. The number of benzene rings is 1. The van der Waals surface area contributed by atoms with E-state index in [4.69, 9.17) is 14.7 Å². The lowest BCUT2D eigenvalue weighted by Crippen LogP contribution is -2.16. The summed E-state index contributed by atoms with van der Waals surface area (Å²) in [5.41, 5.74) is 3.25. The SMILES string of the molecule is CCCNc1nccc(-c2c(-c3ccc(F)cc3)nc3n2[C@H](COc2cnccn2)CC3)n1. The molecule has 0 unspecified atom stereocenters. The number of nitrogens with zero attached hydrogens (tertiary/aromatic N) is 6. The molecule has 4 aromatic rings. The molecule has 0 radical (unpaired) electrons. The summed E-state index contributed by atoms with van der Waals surface area (Å²) in [7, 11) is 0. The molecule has 3 aromatic heterocycles. The molecular formula is C24H24FN7O. The Labute approximate surface area is 190 Å². The Hall–Kier alpha value is -3.88. The van der Waals surface area contributed by atoms with Gasteiger partial charge in [0.2, 0.25) is 11.8 Å². The number of halogens is 1. The van der Waals surface area contributed by atoms with Crippen LogP contribution < -0.4 is 10.1 Å². The Balaban J connectivity index is 1.56. The van der Waals surface area contributed by atoms with E-state index in [-0.39, 0.29) is 11.9 Å². The van der Waals surface area contributed by atoms with Crippen molar-refractivity contribution in [3.05, 3.63) is 66.8 Å². The van der Waals surface area contributed by atoms with Crippen LogP contribution in [-0.4, -0.2) is 42.6 Å². The van der Waals surface area contributed by atoms with Gasteiger partial charge in [-0.1, -0.05) is 6.92 Å². The highest BCUT2D eigenvalue weighted by atomic mass is 19.1. The number of imidazole rings is 1. The number of hydrogen-bond donors (Lipinski definition) is 1. The zero-order valence-corrected chi connectivity index (χ0v) is 18.3. The molecule has 9 heteroatoms. The normalized spacial score (nSPS) is 14.8. The number of anilines is 1. The van der Waals surface area contributed by atoms with Gasteiger partial charge in [-0.25, -0.2) is 24.3 Å². The van der Waals surface area contributed by atoms with E-state index in [0.29, 0.717) is 18.4 Å². The summed E-state index contributed by atoms with van der Waals surface area (Å²) in [5.74, 6) is 1.73. The molecular weight excluding hydrogens is 421 g/mol. The number of hydrogen-bond acceptors (Lipinski definition) is 7. The van der Waals surface area contributed by atoms with Gasteiger partial charge >= 0.3 is 0 Å². The van der Waals surface area contributed by atoms with Gasteiger partial charge in [0.1, 0.15) is 18.2 Å². The molecule has 4 heterocycles. The maximum absolute atomic E-state index is 13.6. The third-order valence-electron chi connectivity index (χ3n) is 5.56. The van der Waals surface area contributed by atoms with Gasteiger partial charge in [-0.05, 0) is 43.2 Å². The quantitative estimate of drug-likeness (QED) is 0.432. The van der Waals surface area contributed by atoms with Crippen molar-refractivity contribution in [2.45, 2.75) is 32.2 Å². The maximum Gasteiger partial charge on any atom is 0.232 e. The molecule has 1 aliphatic rings. The Morgan fingerprint density at radius 3 is 2.76 bits per heavy atom. The zero-order chi connectivity index (χ0) is 22.6. The highest BCUT2D eigenvalue weighted by molar-refractivity contribution is 5.78. The smallest absolute Gasteiger partial charge is 0.232 e. The van der Waals surface area contributed by atoms with Crippen LogP contribution in [0.2, 0.25) is 0 Å². The first kappa shape index (κ1) is 21.0. The van der Waals surface area contributed by atoms with Gasteiger partial charge in [0.15, 0.2) is 0 Å². The second kappa shape index (κ2) is 9.32. The average molecular weight is 446 g/mol. The lowest BCUT2D eigenvalue weighted by molar-refractivity contribution is 0.246. The van der Waals surface area contributed by atoms with Crippen molar-refractivity contribution in [2.24, 2.45) is 0 Å². The number of aromatic nitrogens is 6. The van der Waals surface area contributed by atoms with Crippen LogP contribution in [0.25, 0.3) is 22.6 Å². The molecule has 0 aliphatic carbocycles. The second-order valence-electron chi connectivity index (χ2n) is 7.84. The van der Waals surface area contributed by atoms with E-state index in [1.165, 1.54) is 12.1 Å². The van der Waals surface area contributed by atoms with E-state index in [9.17, 15) is 4.39 Å². The van der Waals surface area contributed by atoms with Crippen molar-refractivity contribution >= 4 is 5.95 Å². The van der Waals surface area contributed by atoms with Crippen LogP contribution in [-0.2, 0) is 6.42 Å². The Bertz CT molecular complexity index is 1230.